The zero-order valence-electron chi connectivity index (χ0n) is 18.2. The highest BCUT2D eigenvalue weighted by molar-refractivity contribution is 6.10. The van der Waals surface area contributed by atoms with Crippen LogP contribution >= 0.6 is 0 Å². The summed E-state index contributed by atoms with van der Waals surface area (Å²) < 4.78 is 5.04. The van der Waals surface area contributed by atoms with Crippen LogP contribution in [0.3, 0.4) is 0 Å². The Hall–Kier alpha value is -3.36. The summed E-state index contributed by atoms with van der Waals surface area (Å²) in [4.78, 5) is 49.3. The maximum absolute atomic E-state index is 13.2. The maximum Gasteiger partial charge on any atom is 0.338 e. The lowest BCUT2D eigenvalue weighted by Gasteiger charge is -2.40. The molecule has 1 aromatic rings. The molecule has 2 atom stereocenters. The molecule has 31 heavy (non-hydrogen) atoms. The number of allylic oxidation sites excluding steroid dienone is 1. The SMILES string of the molecule is CCCCN1C(=O)C2C(N=C3N(c4ccc(C(=O)OCC)cc4)C(C)=CN32)N(C)C1=O. The Balaban J connectivity index is 1.62. The number of fused-ring (bicyclic) bond motifs is 3. The zero-order chi connectivity index (χ0) is 22.3. The van der Waals surface area contributed by atoms with Gasteiger partial charge in [-0.25, -0.2) is 14.6 Å². The summed E-state index contributed by atoms with van der Waals surface area (Å²) in [6.45, 7) is 6.46. The molecule has 0 spiro atoms. The van der Waals surface area contributed by atoms with Gasteiger partial charge >= 0.3 is 12.0 Å². The lowest BCUT2D eigenvalue weighted by atomic mass is 10.1. The van der Waals surface area contributed by atoms with E-state index in [1.165, 1.54) is 9.80 Å². The van der Waals surface area contributed by atoms with E-state index < -0.39 is 12.2 Å². The molecule has 164 valence electrons. The first-order chi connectivity index (χ1) is 14.9. The smallest absolute Gasteiger partial charge is 0.338 e. The van der Waals surface area contributed by atoms with Crippen LogP contribution in [0, 0.1) is 0 Å². The molecule has 0 radical (unpaired) electrons. The summed E-state index contributed by atoms with van der Waals surface area (Å²) in [5, 5.41) is 0. The van der Waals surface area contributed by atoms with Crippen molar-refractivity contribution in [1.29, 1.82) is 0 Å². The van der Waals surface area contributed by atoms with Gasteiger partial charge in [0.05, 0.1) is 12.2 Å². The number of carbonyl (C=O) groups excluding carboxylic acids is 3. The Morgan fingerprint density at radius 1 is 1.16 bits per heavy atom. The number of urea groups is 1. The van der Waals surface area contributed by atoms with Gasteiger partial charge in [0.15, 0.2) is 12.2 Å². The van der Waals surface area contributed by atoms with Crippen molar-refractivity contribution in [2.75, 3.05) is 25.1 Å². The maximum atomic E-state index is 13.2. The first kappa shape index (κ1) is 20.9. The van der Waals surface area contributed by atoms with Crippen molar-refractivity contribution < 1.29 is 19.1 Å². The lowest BCUT2D eigenvalue weighted by molar-refractivity contribution is -0.136. The predicted molar refractivity (Wildman–Crippen MR) is 115 cm³/mol. The number of hydrogen-bond acceptors (Lipinski definition) is 7. The van der Waals surface area contributed by atoms with Gasteiger partial charge in [-0.1, -0.05) is 13.3 Å². The van der Waals surface area contributed by atoms with Gasteiger partial charge in [0.1, 0.15) is 0 Å². The number of unbranched alkanes of at least 4 members (excludes halogenated alkanes) is 1. The minimum absolute atomic E-state index is 0.219. The first-order valence-electron chi connectivity index (χ1n) is 10.6. The van der Waals surface area contributed by atoms with Crippen molar-refractivity contribution in [2.24, 2.45) is 4.99 Å². The minimum Gasteiger partial charge on any atom is -0.462 e. The Morgan fingerprint density at radius 3 is 2.52 bits per heavy atom. The van der Waals surface area contributed by atoms with Crippen molar-refractivity contribution in [2.45, 2.75) is 45.8 Å². The molecule has 4 rings (SSSR count). The molecule has 1 fully saturated rings. The van der Waals surface area contributed by atoms with Gasteiger partial charge < -0.3 is 14.5 Å². The summed E-state index contributed by atoms with van der Waals surface area (Å²) in [6, 6.07) is 6.17. The number of likely N-dealkylation sites (N-methyl/N-ethyl adjacent to an activating group) is 1. The molecule has 9 nitrogen and oxygen atoms in total. The molecule has 1 saturated heterocycles. The second kappa shape index (κ2) is 8.05. The molecule has 3 aliphatic rings. The molecule has 0 saturated carbocycles. The Kier molecular flexibility index (Phi) is 5.43. The predicted octanol–water partition coefficient (Wildman–Crippen LogP) is 2.61. The van der Waals surface area contributed by atoms with E-state index in [0.29, 0.717) is 24.7 Å². The van der Waals surface area contributed by atoms with Crippen molar-refractivity contribution in [3.05, 3.63) is 41.7 Å². The van der Waals surface area contributed by atoms with Crippen LogP contribution < -0.4 is 4.90 Å². The monoisotopic (exact) mass is 425 g/mol. The molecular formula is C22H27N5O4. The van der Waals surface area contributed by atoms with E-state index in [9.17, 15) is 14.4 Å². The van der Waals surface area contributed by atoms with Gasteiger partial charge in [-0.15, -0.1) is 0 Å². The molecule has 9 heteroatoms. The molecule has 0 aliphatic carbocycles. The summed E-state index contributed by atoms with van der Waals surface area (Å²) in [5.74, 6) is 0.0112. The summed E-state index contributed by atoms with van der Waals surface area (Å²) in [6.07, 6.45) is 2.99. The van der Waals surface area contributed by atoms with Gasteiger partial charge in [0.2, 0.25) is 5.96 Å². The number of rotatable bonds is 6. The number of aliphatic imine (C=N–C) groups is 1. The fraction of sp³-hybridized carbons (Fsp3) is 0.455. The molecule has 0 bridgehead atoms. The number of imide groups is 1. The van der Waals surface area contributed by atoms with Crippen molar-refractivity contribution in [1.82, 2.24) is 14.7 Å². The summed E-state index contributed by atoms with van der Waals surface area (Å²) in [7, 11) is 1.69. The van der Waals surface area contributed by atoms with Crippen molar-refractivity contribution in [3.63, 3.8) is 0 Å². The third-order valence-electron chi connectivity index (χ3n) is 5.76. The van der Waals surface area contributed by atoms with E-state index in [4.69, 9.17) is 9.73 Å². The Bertz CT molecular complexity index is 971. The average molecular weight is 425 g/mol. The third kappa shape index (κ3) is 3.34. The van der Waals surface area contributed by atoms with E-state index in [1.54, 1.807) is 26.1 Å². The number of carbonyl (C=O) groups is 3. The molecule has 1 aromatic carbocycles. The van der Waals surface area contributed by atoms with E-state index in [0.717, 1.165) is 24.2 Å². The summed E-state index contributed by atoms with van der Waals surface area (Å²) in [5.41, 5.74) is 2.18. The van der Waals surface area contributed by atoms with Crippen LogP contribution in [-0.4, -0.2) is 71.0 Å². The molecule has 3 heterocycles. The van der Waals surface area contributed by atoms with Crippen LogP contribution in [0.5, 0.6) is 0 Å². The van der Waals surface area contributed by atoms with Crippen LogP contribution in [-0.2, 0) is 9.53 Å². The van der Waals surface area contributed by atoms with Gasteiger partial charge in [-0.05, 0) is 44.5 Å². The van der Waals surface area contributed by atoms with Gasteiger partial charge in [-0.3, -0.25) is 14.6 Å². The molecular weight excluding hydrogens is 398 g/mol. The lowest BCUT2D eigenvalue weighted by Crippen LogP contribution is -2.64. The number of esters is 1. The van der Waals surface area contributed by atoms with E-state index in [-0.39, 0.29) is 17.9 Å². The molecule has 0 N–H and O–H groups in total. The number of ether oxygens (including phenoxy) is 1. The molecule has 3 aliphatic heterocycles. The quantitative estimate of drug-likeness (QED) is 0.652. The molecule has 3 amide bonds. The Labute approximate surface area is 181 Å². The van der Waals surface area contributed by atoms with Crippen LogP contribution in [0.4, 0.5) is 10.5 Å². The first-order valence-corrected chi connectivity index (χ1v) is 10.6. The largest absolute Gasteiger partial charge is 0.462 e. The average Bonchev–Trinajstić information content (AvgIpc) is 3.27. The standard InChI is InChI=1S/C22H27N5O4/c1-5-7-12-25-19(28)17-18(24(4)22(25)30)23-21-26(17)13-14(3)27(21)16-10-8-15(9-11-16)20(29)31-6-2/h8-11,13,17-18H,5-7,12H2,1-4H3. The second-order valence-electron chi connectivity index (χ2n) is 7.80. The number of hydrogen-bond donors (Lipinski definition) is 0. The fourth-order valence-corrected chi connectivity index (χ4v) is 4.16. The minimum atomic E-state index is -0.576. The van der Waals surface area contributed by atoms with Gasteiger partial charge in [0, 0.05) is 31.2 Å². The van der Waals surface area contributed by atoms with Crippen LogP contribution in [0.1, 0.15) is 44.0 Å². The van der Waals surface area contributed by atoms with Gasteiger partial charge in [-0.2, -0.15) is 0 Å². The van der Waals surface area contributed by atoms with E-state index in [2.05, 4.69) is 0 Å². The summed E-state index contributed by atoms with van der Waals surface area (Å²) >= 11 is 0. The highest BCUT2D eigenvalue weighted by Crippen LogP contribution is 2.36. The van der Waals surface area contributed by atoms with Crippen LogP contribution in [0.2, 0.25) is 0 Å². The van der Waals surface area contributed by atoms with E-state index in [1.807, 2.05) is 42.0 Å². The normalized spacial score (nSPS) is 22.5. The van der Waals surface area contributed by atoms with Gasteiger partial charge in [0.25, 0.3) is 5.91 Å². The highest BCUT2D eigenvalue weighted by Gasteiger charge is 2.54. The Morgan fingerprint density at radius 2 is 1.87 bits per heavy atom. The second-order valence-corrected chi connectivity index (χ2v) is 7.80. The van der Waals surface area contributed by atoms with Crippen molar-refractivity contribution >= 4 is 29.6 Å². The number of benzene rings is 1. The third-order valence-corrected chi connectivity index (χ3v) is 5.76. The molecule has 2 unspecified atom stereocenters. The number of guanidine groups is 1. The zero-order valence-corrected chi connectivity index (χ0v) is 18.2. The topological polar surface area (TPSA) is 85.8 Å². The van der Waals surface area contributed by atoms with Crippen LogP contribution in [0.25, 0.3) is 0 Å². The van der Waals surface area contributed by atoms with E-state index >= 15 is 0 Å². The van der Waals surface area contributed by atoms with Crippen molar-refractivity contribution in [3.8, 4) is 0 Å². The number of nitrogens with zero attached hydrogens (tertiary/aromatic N) is 5. The highest BCUT2D eigenvalue weighted by atomic mass is 16.5. The number of amides is 3. The number of anilines is 1. The molecule has 0 aromatic heterocycles. The fourth-order valence-electron chi connectivity index (χ4n) is 4.16. The van der Waals surface area contributed by atoms with Crippen LogP contribution in [0.15, 0.2) is 41.2 Å².